The zero-order chi connectivity index (χ0) is 23.5. The van der Waals surface area contributed by atoms with Crippen LogP contribution in [0.2, 0.25) is 0 Å². The van der Waals surface area contributed by atoms with E-state index in [4.69, 9.17) is 22.2 Å². The Morgan fingerprint density at radius 2 is 1.68 bits per heavy atom. The predicted octanol–water partition coefficient (Wildman–Crippen LogP) is 3.46. The number of fused-ring (bicyclic) bond motifs is 1. The SMILES string of the molecule is CCN1CCN(c2nc(NC(=S)N3CCN(C)C(c4ccccc4)C3)nc3ccccc23)CC1. The van der Waals surface area contributed by atoms with Crippen molar-refractivity contribution in [3.63, 3.8) is 0 Å². The van der Waals surface area contributed by atoms with Crippen LogP contribution in [-0.4, -0.2) is 89.2 Å². The number of aromatic nitrogens is 2. The van der Waals surface area contributed by atoms with E-state index in [-0.39, 0.29) is 0 Å². The quantitative estimate of drug-likeness (QED) is 0.576. The summed E-state index contributed by atoms with van der Waals surface area (Å²) in [4.78, 5) is 19.3. The average molecular weight is 476 g/mol. The number of hydrogen-bond donors (Lipinski definition) is 1. The van der Waals surface area contributed by atoms with E-state index in [9.17, 15) is 0 Å². The molecular weight excluding hydrogens is 442 g/mol. The Labute approximate surface area is 207 Å². The van der Waals surface area contributed by atoms with Crippen molar-refractivity contribution in [2.45, 2.75) is 13.0 Å². The largest absolute Gasteiger partial charge is 0.353 e. The second-order valence-electron chi connectivity index (χ2n) is 9.09. The monoisotopic (exact) mass is 475 g/mol. The van der Waals surface area contributed by atoms with Gasteiger partial charge in [-0.25, -0.2) is 4.98 Å². The summed E-state index contributed by atoms with van der Waals surface area (Å²) in [5, 5.41) is 5.15. The molecule has 5 rings (SSSR count). The molecule has 1 atom stereocenters. The van der Waals surface area contributed by atoms with Gasteiger partial charge in [0.25, 0.3) is 0 Å². The maximum Gasteiger partial charge on any atom is 0.231 e. The normalized spacial score (nSPS) is 20.0. The standard InChI is InChI=1S/C26H33N7S/c1-3-31-14-17-32(18-15-31)24-21-11-7-8-12-22(21)27-25(28-24)29-26(34)33-16-13-30(2)23(19-33)20-9-5-4-6-10-20/h4-12,23H,3,13-19H2,1-2H3,(H,27,28,29,34). The van der Waals surface area contributed by atoms with Crippen LogP contribution in [0.3, 0.4) is 0 Å². The highest BCUT2D eigenvalue weighted by molar-refractivity contribution is 7.80. The van der Waals surface area contributed by atoms with Crippen molar-refractivity contribution in [3.8, 4) is 0 Å². The lowest BCUT2D eigenvalue weighted by Gasteiger charge is -2.40. The molecule has 2 aromatic carbocycles. The highest BCUT2D eigenvalue weighted by Crippen LogP contribution is 2.27. The molecule has 0 radical (unpaired) electrons. The molecule has 1 N–H and O–H groups in total. The van der Waals surface area contributed by atoms with Crippen LogP contribution in [0.1, 0.15) is 18.5 Å². The van der Waals surface area contributed by atoms with Crippen LogP contribution in [0.25, 0.3) is 10.9 Å². The minimum absolute atomic E-state index is 0.303. The number of para-hydroxylation sites is 1. The van der Waals surface area contributed by atoms with Gasteiger partial charge < -0.3 is 20.0 Å². The number of nitrogens with zero attached hydrogens (tertiary/aromatic N) is 6. The van der Waals surface area contributed by atoms with Crippen LogP contribution in [-0.2, 0) is 0 Å². The third kappa shape index (κ3) is 4.85. The molecule has 178 valence electrons. The van der Waals surface area contributed by atoms with Crippen LogP contribution in [0.15, 0.2) is 54.6 Å². The van der Waals surface area contributed by atoms with E-state index >= 15 is 0 Å². The number of anilines is 2. The van der Waals surface area contributed by atoms with Crippen LogP contribution in [0.5, 0.6) is 0 Å². The fourth-order valence-electron chi connectivity index (χ4n) is 4.90. The molecule has 0 bridgehead atoms. The maximum absolute atomic E-state index is 5.85. The van der Waals surface area contributed by atoms with Crippen molar-refractivity contribution in [2.24, 2.45) is 0 Å². The van der Waals surface area contributed by atoms with E-state index in [1.807, 2.05) is 6.07 Å². The van der Waals surface area contributed by atoms with Crippen molar-refractivity contribution in [3.05, 3.63) is 60.2 Å². The molecule has 2 fully saturated rings. The van der Waals surface area contributed by atoms with E-state index in [0.717, 1.165) is 69.1 Å². The van der Waals surface area contributed by atoms with E-state index in [0.29, 0.717) is 17.1 Å². The Kier molecular flexibility index (Phi) is 6.89. The van der Waals surface area contributed by atoms with Gasteiger partial charge in [-0.2, -0.15) is 4.98 Å². The molecule has 34 heavy (non-hydrogen) atoms. The first-order valence-corrected chi connectivity index (χ1v) is 12.6. The molecule has 3 aromatic rings. The Balaban J connectivity index is 1.36. The molecule has 1 unspecified atom stereocenters. The molecule has 8 heteroatoms. The summed E-state index contributed by atoms with van der Waals surface area (Å²) >= 11 is 5.85. The first-order valence-electron chi connectivity index (χ1n) is 12.2. The number of likely N-dealkylation sites (N-methyl/N-ethyl adjacent to an activating group) is 2. The summed E-state index contributed by atoms with van der Waals surface area (Å²) in [6.07, 6.45) is 0. The van der Waals surface area contributed by atoms with Gasteiger partial charge in [0, 0.05) is 51.2 Å². The molecular formula is C26H33N7S. The number of hydrogen-bond acceptors (Lipinski definition) is 6. The van der Waals surface area contributed by atoms with E-state index in [1.165, 1.54) is 5.56 Å². The lowest BCUT2D eigenvalue weighted by Crippen LogP contribution is -2.50. The minimum Gasteiger partial charge on any atom is -0.353 e. The van der Waals surface area contributed by atoms with E-state index < -0.39 is 0 Å². The smallest absolute Gasteiger partial charge is 0.231 e. The topological polar surface area (TPSA) is 50.8 Å². The van der Waals surface area contributed by atoms with Crippen LogP contribution in [0.4, 0.5) is 11.8 Å². The summed E-state index contributed by atoms with van der Waals surface area (Å²) in [7, 11) is 2.18. The number of rotatable bonds is 4. The third-order valence-electron chi connectivity index (χ3n) is 7.04. The number of benzene rings is 2. The Bertz CT molecular complexity index is 1130. The van der Waals surface area contributed by atoms with Crippen molar-refractivity contribution in [1.82, 2.24) is 24.7 Å². The molecule has 7 nitrogen and oxygen atoms in total. The van der Waals surface area contributed by atoms with Crippen molar-refractivity contribution < 1.29 is 0 Å². The van der Waals surface area contributed by atoms with Gasteiger partial charge in [0.05, 0.1) is 11.6 Å². The molecule has 0 spiro atoms. The summed E-state index contributed by atoms with van der Waals surface area (Å²) in [5.74, 6) is 1.57. The van der Waals surface area contributed by atoms with Crippen molar-refractivity contribution in [1.29, 1.82) is 0 Å². The summed E-state index contributed by atoms with van der Waals surface area (Å²) < 4.78 is 0. The first kappa shape index (κ1) is 23.0. The molecule has 2 saturated heterocycles. The lowest BCUT2D eigenvalue weighted by molar-refractivity contribution is 0.143. The summed E-state index contributed by atoms with van der Waals surface area (Å²) in [5.41, 5.74) is 2.25. The molecule has 0 amide bonds. The zero-order valence-corrected chi connectivity index (χ0v) is 20.8. The van der Waals surface area contributed by atoms with E-state index in [1.54, 1.807) is 0 Å². The Morgan fingerprint density at radius 1 is 0.941 bits per heavy atom. The first-order chi connectivity index (χ1) is 16.6. The van der Waals surface area contributed by atoms with Crippen molar-refractivity contribution in [2.75, 3.05) is 69.6 Å². The van der Waals surface area contributed by atoms with Gasteiger partial charge >= 0.3 is 0 Å². The number of nitrogens with one attached hydrogen (secondary N) is 1. The number of thiocarbonyl (C=S) groups is 1. The predicted molar refractivity (Wildman–Crippen MR) is 143 cm³/mol. The van der Waals surface area contributed by atoms with Crippen LogP contribution in [0, 0.1) is 0 Å². The second-order valence-corrected chi connectivity index (χ2v) is 9.48. The Morgan fingerprint density at radius 3 is 2.44 bits per heavy atom. The summed E-state index contributed by atoms with van der Waals surface area (Å²) in [6, 6.07) is 19.2. The fourth-order valence-corrected chi connectivity index (χ4v) is 5.16. The number of piperazine rings is 2. The van der Waals surface area contributed by atoms with Gasteiger partial charge in [-0.3, -0.25) is 4.90 Å². The highest BCUT2D eigenvalue weighted by atomic mass is 32.1. The van der Waals surface area contributed by atoms with Gasteiger partial charge in [0.2, 0.25) is 5.95 Å². The van der Waals surface area contributed by atoms with Gasteiger partial charge in [-0.05, 0) is 43.5 Å². The second kappa shape index (κ2) is 10.2. The average Bonchev–Trinajstić information content (AvgIpc) is 2.89. The van der Waals surface area contributed by atoms with E-state index in [2.05, 4.69) is 87.4 Å². The van der Waals surface area contributed by atoms with Gasteiger partial charge in [-0.1, -0.05) is 49.4 Å². The Hall–Kier alpha value is -2.81. The van der Waals surface area contributed by atoms with Crippen molar-refractivity contribution >= 4 is 40.0 Å². The lowest BCUT2D eigenvalue weighted by atomic mass is 10.0. The fraction of sp³-hybridized carbons (Fsp3) is 0.423. The molecule has 3 heterocycles. The minimum atomic E-state index is 0.303. The molecule has 0 saturated carbocycles. The van der Waals surface area contributed by atoms with Gasteiger partial charge in [-0.15, -0.1) is 0 Å². The third-order valence-corrected chi connectivity index (χ3v) is 7.40. The highest BCUT2D eigenvalue weighted by Gasteiger charge is 2.27. The molecule has 2 aliphatic rings. The zero-order valence-electron chi connectivity index (χ0n) is 20.0. The van der Waals surface area contributed by atoms with Gasteiger partial charge in [0.1, 0.15) is 5.82 Å². The summed E-state index contributed by atoms with van der Waals surface area (Å²) in [6.45, 7) is 10.0. The molecule has 1 aromatic heterocycles. The maximum atomic E-state index is 5.85. The molecule has 0 aliphatic carbocycles. The molecule has 2 aliphatic heterocycles. The van der Waals surface area contributed by atoms with Gasteiger partial charge in [0.15, 0.2) is 5.11 Å². The van der Waals surface area contributed by atoms with Crippen LogP contribution >= 0.6 is 12.2 Å². The van der Waals surface area contributed by atoms with Crippen LogP contribution < -0.4 is 10.2 Å².